The van der Waals surface area contributed by atoms with Gasteiger partial charge in [-0.3, -0.25) is 33.3 Å². The molecule has 6 heterocycles. The highest BCUT2D eigenvalue weighted by molar-refractivity contribution is 7.89. The van der Waals surface area contributed by atoms with Crippen molar-refractivity contribution < 1.29 is 37.5 Å². The summed E-state index contributed by atoms with van der Waals surface area (Å²) in [7, 11) is -4.10. The summed E-state index contributed by atoms with van der Waals surface area (Å²) in [6.07, 6.45) is 6.73. The van der Waals surface area contributed by atoms with Gasteiger partial charge in [0.05, 0.1) is 47.1 Å². The smallest absolute Gasteiger partial charge is 0.304 e. The molecule has 0 radical (unpaired) electrons. The minimum atomic E-state index is -4.10. The van der Waals surface area contributed by atoms with Crippen molar-refractivity contribution in [1.82, 2.24) is 38.5 Å². The molecule has 19 nitrogen and oxygen atoms in total. The standard InChI is InChI=1S/C58H70Cl2N10O9S/c1-36-45-34-62-56(64-53(45)69(42-12-7-8-13-42)54(76)51(36)37(2)71)63-47-19-18-43(33-61-47)65-22-24-66(25-23-65)48(72)20-21-49(73)67-26-28-68(29-27-67)80(78,79)35-46(57(3,4)5)70-52(38-14-16-40(59)17-15-38)44(39-10-9-11-41(60)30-39)31-58(6,55(70)77)32-50(74)75/h9-11,14-19,30,33-34,42,44,46,52H,7-8,12-13,20-29,31-32,35H2,1-6H3,(H,74,75)(H,61,62,63,64)/t44-,46-,52-,58-/m1/s1. The van der Waals surface area contributed by atoms with Crippen LogP contribution in [-0.2, 0) is 29.2 Å². The Hall–Kier alpha value is -6.48. The maximum atomic E-state index is 15.1. The molecule has 4 aliphatic rings. The molecule has 0 bridgehead atoms. The van der Waals surface area contributed by atoms with Crippen LogP contribution < -0.4 is 15.8 Å². The number of carbonyl (C=O) groups is 5. The van der Waals surface area contributed by atoms with Crippen LogP contribution in [0.25, 0.3) is 11.0 Å². The van der Waals surface area contributed by atoms with Gasteiger partial charge < -0.3 is 30.0 Å². The molecule has 3 saturated heterocycles. The molecule has 0 unspecified atom stereocenters. The number of benzene rings is 2. The zero-order chi connectivity index (χ0) is 57.4. The number of hydrogen-bond donors (Lipinski definition) is 2. The monoisotopic (exact) mass is 1150 g/mol. The van der Waals surface area contributed by atoms with E-state index in [4.69, 9.17) is 28.2 Å². The van der Waals surface area contributed by atoms with E-state index >= 15 is 4.79 Å². The highest BCUT2D eigenvalue weighted by Crippen LogP contribution is 2.53. The summed E-state index contributed by atoms with van der Waals surface area (Å²) < 4.78 is 32.4. The van der Waals surface area contributed by atoms with Crippen LogP contribution in [0, 0.1) is 17.8 Å². The fourth-order valence-electron chi connectivity index (χ4n) is 12.3. The quantitative estimate of drug-likeness (QED) is 0.0885. The summed E-state index contributed by atoms with van der Waals surface area (Å²) >= 11 is 12.9. The number of piperazine rings is 2. The van der Waals surface area contributed by atoms with Gasteiger partial charge in [0.1, 0.15) is 11.5 Å². The third-order valence-corrected chi connectivity index (χ3v) is 19.0. The largest absolute Gasteiger partial charge is 0.481 e. The Balaban J connectivity index is 0.796. The molecule has 22 heteroatoms. The maximum Gasteiger partial charge on any atom is 0.304 e. The number of aliphatic carboxylic acids is 1. The van der Waals surface area contributed by atoms with E-state index in [2.05, 4.69) is 20.2 Å². The lowest BCUT2D eigenvalue weighted by Gasteiger charge is -2.54. The number of hydrogen-bond acceptors (Lipinski definition) is 13. The van der Waals surface area contributed by atoms with Gasteiger partial charge in [-0.15, -0.1) is 0 Å². The van der Waals surface area contributed by atoms with Gasteiger partial charge in [0.2, 0.25) is 33.7 Å². The fraction of sp³-hybridized carbons (Fsp3) is 0.500. The van der Waals surface area contributed by atoms with Gasteiger partial charge in [0.15, 0.2) is 5.78 Å². The number of likely N-dealkylation sites (tertiary alicyclic amines) is 1. The van der Waals surface area contributed by atoms with E-state index < -0.39 is 62.9 Å². The summed E-state index contributed by atoms with van der Waals surface area (Å²) in [4.78, 5) is 102. The molecule has 1 aliphatic carbocycles. The molecule has 5 aromatic rings. The lowest BCUT2D eigenvalue weighted by atomic mass is 9.66. The van der Waals surface area contributed by atoms with Crippen LogP contribution in [0.1, 0.15) is 131 Å². The first-order valence-corrected chi connectivity index (χ1v) is 29.8. The fourth-order valence-corrected chi connectivity index (χ4v) is 14.6. The average Bonchev–Trinajstić information content (AvgIpc) is 4.09. The van der Waals surface area contributed by atoms with E-state index in [1.165, 1.54) is 11.2 Å². The zero-order valence-corrected chi connectivity index (χ0v) is 48.5. The number of ketones is 1. The second-order valence-electron chi connectivity index (χ2n) is 23.1. The minimum absolute atomic E-state index is 0.00719. The number of nitrogens with zero attached hydrogens (tertiary/aromatic N) is 9. The van der Waals surface area contributed by atoms with Crippen molar-refractivity contribution in [3.05, 3.63) is 116 Å². The average molecular weight is 1150 g/mol. The number of nitrogens with one attached hydrogen (secondary N) is 1. The predicted molar refractivity (Wildman–Crippen MR) is 307 cm³/mol. The number of rotatable bonds is 16. The Labute approximate surface area is 476 Å². The number of aryl methyl sites for hydroxylation is 1. The Kier molecular flexibility index (Phi) is 17.1. The van der Waals surface area contributed by atoms with Gasteiger partial charge >= 0.3 is 5.97 Å². The van der Waals surface area contributed by atoms with E-state index in [-0.39, 0.29) is 86.2 Å². The molecule has 4 fully saturated rings. The molecular formula is C58H70Cl2N10O9S. The molecule has 3 aliphatic heterocycles. The maximum absolute atomic E-state index is 15.1. The lowest BCUT2D eigenvalue weighted by molar-refractivity contribution is -0.162. The van der Waals surface area contributed by atoms with Crippen molar-refractivity contribution in [2.45, 2.75) is 117 Å². The van der Waals surface area contributed by atoms with Crippen LogP contribution in [0.5, 0.6) is 0 Å². The molecular weight excluding hydrogens is 1080 g/mol. The van der Waals surface area contributed by atoms with Crippen LogP contribution >= 0.6 is 23.2 Å². The van der Waals surface area contributed by atoms with Gasteiger partial charge in [0.25, 0.3) is 5.56 Å². The number of carbonyl (C=O) groups excluding carboxylic acids is 4. The Morgan fingerprint density at radius 3 is 2.04 bits per heavy atom. The summed E-state index contributed by atoms with van der Waals surface area (Å²) in [6, 6.07) is 16.4. The molecule has 9 rings (SSSR count). The number of sulfonamides is 1. The van der Waals surface area contributed by atoms with Crippen LogP contribution in [0.4, 0.5) is 17.5 Å². The molecule has 3 aromatic heterocycles. The molecule has 2 N–H and O–H groups in total. The zero-order valence-electron chi connectivity index (χ0n) is 46.2. The predicted octanol–water partition coefficient (Wildman–Crippen LogP) is 8.42. The number of pyridine rings is 2. The number of halogens is 2. The van der Waals surface area contributed by atoms with Crippen molar-refractivity contribution in [3.63, 3.8) is 0 Å². The second-order valence-corrected chi connectivity index (χ2v) is 26.0. The molecule has 4 atom stereocenters. The van der Waals surface area contributed by atoms with Crippen LogP contribution in [0.3, 0.4) is 0 Å². The highest BCUT2D eigenvalue weighted by atomic mass is 35.5. The molecule has 1 saturated carbocycles. The van der Waals surface area contributed by atoms with Crippen LogP contribution in [0.2, 0.25) is 10.0 Å². The van der Waals surface area contributed by atoms with Crippen molar-refractivity contribution in [2.24, 2.45) is 10.8 Å². The highest BCUT2D eigenvalue weighted by Gasteiger charge is 2.55. The van der Waals surface area contributed by atoms with Crippen molar-refractivity contribution in [2.75, 3.05) is 68.3 Å². The molecule has 0 spiro atoms. The van der Waals surface area contributed by atoms with E-state index in [1.807, 2.05) is 57.2 Å². The number of fused-ring (bicyclic) bond motifs is 1. The third kappa shape index (κ3) is 12.4. The number of amides is 3. The number of carboxylic acid groups (broad SMARTS) is 1. The number of aromatic nitrogens is 4. The van der Waals surface area contributed by atoms with Crippen molar-refractivity contribution in [3.8, 4) is 0 Å². The first-order valence-electron chi connectivity index (χ1n) is 27.4. The first-order chi connectivity index (χ1) is 37.9. The lowest BCUT2D eigenvalue weighted by Crippen LogP contribution is -2.61. The van der Waals surface area contributed by atoms with Crippen molar-refractivity contribution >= 4 is 91.2 Å². The summed E-state index contributed by atoms with van der Waals surface area (Å²) in [5, 5.41) is 14.9. The topological polar surface area (TPSA) is 229 Å². The minimum Gasteiger partial charge on any atom is -0.481 e. The van der Waals surface area contributed by atoms with Gasteiger partial charge in [-0.05, 0) is 91.6 Å². The molecule has 2 aromatic carbocycles. The number of carboxylic acids is 1. The van der Waals surface area contributed by atoms with Gasteiger partial charge in [0, 0.05) is 98.8 Å². The van der Waals surface area contributed by atoms with Gasteiger partial charge in [-0.2, -0.15) is 9.29 Å². The van der Waals surface area contributed by atoms with Crippen molar-refractivity contribution in [1.29, 1.82) is 0 Å². The third-order valence-electron chi connectivity index (χ3n) is 16.6. The van der Waals surface area contributed by atoms with Gasteiger partial charge in [-0.1, -0.05) is 88.0 Å². The Morgan fingerprint density at radius 1 is 0.825 bits per heavy atom. The number of anilines is 3. The molecule has 3 amide bonds. The first kappa shape index (κ1) is 58.2. The second kappa shape index (κ2) is 23.5. The Morgan fingerprint density at radius 2 is 1.46 bits per heavy atom. The van der Waals surface area contributed by atoms with E-state index in [1.54, 1.807) is 69.8 Å². The SMILES string of the molecule is CC(=O)c1c(C)c2cnc(Nc3ccc(N4CCN(C(=O)CCC(=O)N5CCN(S(=O)(=O)C[C@@H](N6C(=O)[C@@](C)(CC(=O)O)C[C@H](c7cccc(Cl)c7)[C@H]6c6ccc(Cl)cc6)C(C)(C)C)CC5)CC4)cn3)nc2n(C2CCCC2)c1=O. The van der Waals surface area contributed by atoms with E-state index in [0.717, 1.165) is 36.9 Å². The summed E-state index contributed by atoms with van der Waals surface area (Å²) in [6.45, 7) is 12.7. The van der Waals surface area contributed by atoms with Gasteiger partial charge in [-0.25, -0.2) is 18.4 Å². The number of Topliss-reactive ketones (excluding diaryl/α,β-unsaturated/α-hetero) is 1. The summed E-state index contributed by atoms with van der Waals surface area (Å²) in [5.41, 5.74) is 1.05. The molecule has 426 valence electrons. The normalized spacial score (nSPS) is 21.0. The van der Waals surface area contributed by atoms with E-state index in [9.17, 15) is 37.5 Å². The van der Waals surface area contributed by atoms with Crippen LogP contribution in [0.15, 0.2) is 77.9 Å². The summed E-state index contributed by atoms with van der Waals surface area (Å²) in [5.74, 6) is -2.43. The number of piperidine rings is 1. The molecule has 80 heavy (non-hydrogen) atoms. The Bertz CT molecular complexity index is 3350. The van der Waals surface area contributed by atoms with Crippen LogP contribution in [-0.4, -0.2) is 146 Å². The van der Waals surface area contributed by atoms with E-state index in [0.29, 0.717) is 64.2 Å².